The number of amides is 2. The van der Waals surface area contributed by atoms with E-state index in [0.717, 1.165) is 12.1 Å². The van der Waals surface area contributed by atoms with Gasteiger partial charge in [0.1, 0.15) is 18.5 Å². The highest BCUT2D eigenvalue weighted by atomic mass is 19.4. The molecule has 1 rings (SSSR count). The van der Waals surface area contributed by atoms with E-state index in [4.69, 9.17) is 4.74 Å². The Kier molecular flexibility index (Phi) is 7.15. The van der Waals surface area contributed by atoms with Gasteiger partial charge in [-0.15, -0.1) is 0 Å². The van der Waals surface area contributed by atoms with Crippen LogP contribution in [0.2, 0.25) is 0 Å². The number of hydrogen-bond acceptors (Lipinski definition) is 3. The van der Waals surface area contributed by atoms with Crippen molar-refractivity contribution in [2.75, 3.05) is 19.7 Å². The minimum atomic E-state index is -4.40. The SMILES string of the molecule is CC(C)CNC(=O)NCC(O)COc1ccc(C(F)(F)F)cc1. The van der Waals surface area contributed by atoms with Gasteiger partial charge in [-0.05, 0) is 30.2 Å². The summed E-state index contributed by atoms with van der Waals surface area (Å²) in [5.41, 5.74) is -0.770. The number of benzene rings is 1. The van der Waals surface area contributed by atoms with Gasteiger partial charge in [-0.25, -0.2) is 4.79 Å². The van der Waals surface area contributed by atoms with E-state index in [-0.39, 0.29) is 18.9 Å². The van der Waals surface area contributed by atoms with E-state index in [2.05, 4.69) is 10.6 Å². The standard InChI is InChI=1S/C15H21F3N2O3/c1-10(2)7-19-14(22)20-8-12(21)9-23-13-5-3-11(4-6-13)15(16,17)18/h3-6,10,12,21H,7-9H2,1-2H3,(H2,19,20,22). The number of carbonyl (C=O) groups is 1. The number of aliphatic hydroxyl groups is 1. The van der Waals surface area contributed by atoms with Crippen molar-refractivity contribution < 1.29 is 27.8 Å². The number of halogens is 3. The third-order valence-corrected chi connectivity index (χ3v) is 2.79. The van der Waals surface area contributed by atoms with Crippen LogP contribution in [0.3, 0.4) is 0 Å². The monoisotopic (exact) mass is 334 g/mol. The maximum atomic E-state index is 12.4. The number of urea groups is 1. The van der Waals surface area contributed by atoms with E-state index >= 15 is 0 Å². The molecule has 0 aliphatic rings. The quantitative estimate of drug-likeness (QED) is 0.717. The van der Waals surface area contributed by atoms with Crippen molar-refractivity contribution in [3.63, 3.8) is 0 Å². The summed E-state index contributed by atoms with van der Waals surface area (Å²) in [6.07, 6.45) is -5.37. The minimum Gasteiger partial charge on any atom is -0.491 e. The van der Waals surface area contributed by atoms with E-state index in [1.165, 1.54) is 12.1 Å². The summed E-state index contributed by atoms with van der Waals surface area (Å²) >= 11 is 0. The Balaban J connectivity index is 2.30. The number of hydrogen-bond donors (Lipinski definition) is 3. The van der Waals surface area contributed by atoms with Crippen LogP contribution in [0.15, 0.2) is 24.3 Å². The second kappa shape index (κ2) is 8.61. The molecule has 1 aromatic rings. The van der Waals surface area contributed by atoms with Crippen molar-refractivity contribution in [2.24, 2.45) is 5.92 Å². The maximum absolute atomic E-state index is 12.4. The Hall–Kier alpha value is -1.96. The molecule has 0 heterocycles. The first-order chi connectivity index (χ1) is 10.7. The molecule has 23 heavy (non-hydrogen) atoms. The fourth-order valence-corrected chi connectivity index (χ4v) is 1.56. The number of alkyl halides is 3. The van der Waals surface area contributed by atoms with Crippen molar-refractivity contribution >= 4 is 6.03 Å². The zero-order chi connectivity index (χ0) is 17.5. The summed E-state index contributed by atoms with van der Waals surface area (Å²) in [6, 6.07) is 3.77. The zero-order valence-electron chi connectivity index (χ0n) is 13.0. The van der Waals surface area contributed by atoms with Crippen LogP contribution < -0.4 is 15.4 Å². The van der Waals surface area contributed by atoms with Gasteiger partial charge in [-0.1, -0.05) is 13.8 Å². The molecule has 1 aromatic carbocycles. The Morgan fingerprint density at radius 2 is 1.74 bits per heavy atom. The first kappa shape index (κ1) is 19.1. The molecule has 0 saturated heterocycles. The van der Waals surface area contributed by atoms with Gasteiger partial charge in [-0.2, -0.15) is 13.2 Å². The molecule has 1 unspecified atom stereocenters. The molecular formula is C15H21F3N2O3. The fourth-order valence-electron chi connectivity index (χ4n) is 1.56. The normalized spacial score (nSPS) is 12.8. The first-order valence-corrected chi connectivity index (χ1v) is 7.18. The van der Waals surface area contributed by atoms with E-state index in [1.54, 1.807) is 0 Å². The molecule has 0 aromatic heterocycles. The van der Waals surface area contributed by atoms with Gasteiger partial charge in [-0.3, -0.25) is 0 Å². The van der Waals surface area contributed by atoms with Gasteiger partial charge in [0.05, 0.1) is 5.56 Å². The lowest BCUT2D eigenvalue weighted by atomic mass is 10.2. The molecular weight excluding hydrogens is 313 g/mol. The van der Waals surface area contributed by atoms with Crippen LogP contribution >= 0.6 is 0 Å². The summed E-state index contributed by atoms with van der Waals surface area (Å²) in [7, 11) is 0. The molecule has 1 atom stereocenters. The van der Waals surface area contributed by atoms with E-state index in [1.807, 2.05) is 13.8 Å². The number of ether oxygens (including phenoxy) is 1. The van der Waals surface area contributed by atoms with Gasteiger partial charge in [0.2, 0.25) is 0 Å². The van der Waals surface area contributed by atoms with Crippen molar-refractivity contribution in [2.45, 2.75) is 26.1 Å². The molecule has 0 bridgehead atoms. The number of nitrogens with one attached hydrogen (secondary N) is 2. The first-order valence-electron chi connectivity index (χ1n) is 7.18. The predicted octanol–water partition coefficient (Wildman–Crippen LogP) is 2.40. The Bertz CT molecular complexity index is 490. The molecule has 8 heteroatoms. The highest BCUT2D eigenvalue weighted by molar-refractivity contribution is 5.73. The third-order valence-electron chi connectivity index (χ3n) is 2.79. The van der Waals surface area contributed by atoms with Crippen molar-refractivity contribution in [3.05, 3.63) is 29.8 Å². The van der Waals surface area contributed by atoms with Crippen LogP contribution in [0, 0.1) is 5.92 Å². The Labute approximate surface area is 132 Å². The van der Waals surface area contributed by atoms with Crippen molar-refractivity contribution in [1.82, 2.24) is 10.6 Å². The average Bonchev–Trinajstić information content (AvgIpc) is 2.48. The van der Waals surface area contributed by atoms with E-state index in [0.29, 0.717) is 12.5 Å². The molecule has 130 valence electrons. The fraction of sp³-hybridized carbons (Fsp3) is 0.533. The summed E-state index contributed by atoms with van der Waals surface area (Å²) < 4.78 is 42.4. The lowest BCUT2D eigenvalue weighted by Crippen LogP contribution is -2.42. The summed E-state index contributed by atoms with van der Waals surface area (Å²) in [5, 5.41) is 14.8. The Morgan fingerprint density at radius 1 is 1.17 bits per heavy atom. The minimum absolute atomic E-state index is 0.0233. The highest BCUT2D eigenvalue weighted by Gasteiger charge is 2.30. The van der Waals surface area contributed by atoms with E-state index in [9.17, 15) is 23.1 Å². The molecule has 0 spiro atoms. The van der Waals surface area contributed by atoms with Crippen LogP contribution in [-0.2, 0) is 6.18 Å². The molecule has 2 amide bonds. The molecule has 0 radical (unpaired) electrons. The summed E-state index contributed by atoms with van der Waals surface area (Å²) in [6.45, 7) is 4.25. The van der Waals surface area contributed by atoms with Gasteiger partial charge < -0.3 is 20.5 Å². The molecule has 0 saturated carbocycles. The third kappa shape index (κ3) is 7.73. The number of aliphatic hydroxyl groups excluding tert-OH is 1. The van der Waals surface area contributed by atoms with Crippen LogP contribution in [0.1, 0.15) is 19.4 Å². The van der Waals surface area contributed by atoms with Crippen LogP contribution in [0.4, 0.5) is 18.0 Å². The van der Waals surface area contributed by atoms with Gasteiger partial charge >= 0.3 is 12.2 Å². The lowest BCUT2D eigenvalue weighted by Gasteiger charge is -2.15. The lowest BCUT2D eigenvalue weighted by molar-refractivity contribution is -0.137. The summed E-state index contributed by atoms with van der Waals surface area (Å²) in [4.78, 5) is 11.4. The zero-order valence-corrected chi connectivity index (χ0v) is 13.0. The average molecular weight is 334 g/mol. The van der Waals surface area contributed by atoms with Gasteiger partial charge in [0, 0.05) is 13.1 Å². The highest BCUT2D eigenvalue weighted by Crippen LogP contribution is 2.30. The van der Waals surface area contributed by atoms with Crippen LogP contribution in [0.25, 0.3) is 0 Å². The molecule has 0 aliphatic carbocycles. The van der Waals surface area contributed by atoms with Gasteiger partial charge in [0.25, 0.3) is 0 Å². The molecule has 5 nitrogen and oxygen atoms in total. The van der Waals surface area contributed by atoms with Crippen LogP contribution in [-0.4, -0.2) is 36.9 Å². The Morgan fingerprint density at radius 3 is 2.26 bits per heavy atom. The predicted molar refractivity (Wildman–Crippen MR) is 79.2 cm³/mol. The second-order valence-corrected chi connectivity index (χ2v) is 5.47. The number of carbonyl (C=O) groups excluding carboxylic acids is 1. The molecule has 3 N–H and O–H groups in total. The van der Waals surface area contributed by atoms with Gasteiger partial charge in [0.15, 0.2) is 0 Å². The maximum Gasteiger partial charge on any atom is 0.416 e. The second-order valence-electron chi connectivity index (χ2n) is 5.47. The molecule has 0 fully saturated rings. The largest absolute Gasteiger partial charge is 0.491 e. The van der Waals surface area contributed by atoms with Crippen molar-refractivity contribution in [1.29, 1.82) is 0 Å². The van der Waals surface area contributed by atoms with Crippen LogP contribution in [0.5, 0.6) is 5.75 Å². The summed E-state index contributed by atoms with van der Waals surface area (Å²) in [5.74, 6) is 0.523. The smallest absolute Gasteiger partial charge is 0.416 e. The number of rotatable bonds is 7. The topological polar surface area (TPSA) is 70.6 Å². The van der Waals surface area contributed by atoms with E-state index < -0.39 is 23.9 Å². The van der Waals surface area contributed by atoms with Crippen molar-refractivity contribution in [3.8, 4) is 5.75 Å². The molecule has 0 aliphatic heterocycles.